The average Bonchev–Trinajstić information content (AvgIpc) is 3.34. The number of hydrogen-bond acceptors (Lipinski definition) is 7. The van der Waals surface area contributed by atoms with E-state index >= 15 is 0 Å². The molecule has 1 unspecified atom stereocenters. The molecule has 0 aliphatic heterocycles. The summed E-state index contributed by atoms with van der Waals surface area (Å²) in [6.45, 7) is 6.38. The van der Waals surface area contributed by atoms with E-state index in [-0.39, 0.29) is 43.3 Å². The molecule has 2 rings (SSSR count). The maximum absolute atomic E-state index is 13.2. The van der Waals surface area contributed by atoms with E-state index in [1.807, 2.05) is 0 Å². The molecule has 0 saturated carbocycles. The highest BCUT2D eigenvalue weighted by Crippen LogP contribution is 2.08. The number of anilines is 1. The number of carbonyl (C=O) groups excluding carboxylic acids is 4. The fourth-order valence-corrected chi connectivity index (χ4v) is 3.73. The van der Waals surface area contributed by atoms with Crippen molar-refractivity contribution in [3.8, 4) is 0 Å². The molecule has 0 radical (unpaired) electrons. The maximum atomic E-state index is 13.2. The molecule has 0 saturated heterocycles. The molecule has 3 N–H and O–H groups in total. The van der Waals surface area contributed by atoms with Crippen LogP contribution in [-0.4, -0.2) is 57.0 Å². The van der Waals surface area contributed by atoms with Gasteiger partial charge in [-0.1, -0.05) is 32.8 Å². The molecule has 0 bridgehead atoms. The second-order valence-electron chi connectivity index (χ2n) is 8.98. The highest BCUT2D eigenvalue weighted by Gasteiger charge is 2.23. The molecule has 2 aromatic heterocycles. The van der Waals surface area contributed by atoms with Crippen molar-refractivity contribution < 1.29 is 23.9 Å². The summed E-state index contributed by atoms with van der Waals surface area (Å²) >= 11 is 0. The summed E-state index contributed by atoms with van der Waals surface area (Å²) in [4.78, 5) is 66.8. The molecule has 12 nitrogen and oxygen atoms in total. The first-order valence-corrected chi connectivity index (χ1v) is 13.1. The largest absolute Gasteiger partial charge is 0.463 e. The molecule has 0 spiro atoms. The van der Waals surface area contributed by atoms with Gasteiger partial charge in [-0.25, -0.2) is 9.78 Å². The summed E-state index contributed by atoms with van der Waals surface area (Å²) in [5.41, 5.74) is -0.337. The third-order valence-corrected chi connectivity index (χ3v) is 6.17. The van der Waals surface area contributed by atoms with Crippen LogP contribution >= 0.6 is 0 Å². The van der Waals surface area contributed by atoms with Crippen LogP contribution in [0, 0.1) is 5.92 Å². The quantitative estimate of drug-likeness (QED) is 0.229. The van der Waals surface area contributed by atoms with Gasteiger partial charge >= 0.3 is 5.97 Å². The first kappa shape index (κ1) is 31.0. The summed E-state index contributed by atoms with van der Waals surface area (Å²) < 4.78 is 7.56. The Morgan fingerprint density at radius 3 is 2.54 bits per heavy atom. The summed E-state index contributed by atoms with van der Waals surface area (Å²) in [5.74, 6) is -1.59. The van der Waals surface area contributed by atoms with Crippen LogP contribution in [0.5, 0.6) is 0 Å². The number of nitrogens with one attached hydrogen (secondary N) is 3. The smallest absolute Gasteiger partial charge is 0.330 e. The van der Waals surface area contributed by atoms with Crippen molar-refractivity contribution in [1.29, 1.82) is 0 Å². The molecular formula is C27H38N6O6. The van der Waals surface area contributed by atoms with Gasteiger partial charge in [-0.15, -0.1) is 0 Å². The van der Waals surface area contributed by atoms with E-state index in [0.29, 0.717) is 12.5 Å². The van der Waals surface area contributed by atoms with Gasteiger partial charge in [0, 0.05) is 25.9 Å². The highest BCUT2D eigenvalue weighted by atomic mass is 16.5. The van der Waals surface area contributed by atoms with Crippen molar-refractivity contribution in [1.82, 2.24) is 24.8 Å². The van der Waals surface area contributed by atoms with Crippen LogP contribution in [-0.2, 0) is 32.7 Å². The maximum Gasteiger partial charge on any atom is 0.330 e. The molecular weight excluding hydrogens is 504 g/mol. The van der Waals surface area contributed by atoms with E-state index < -0.39 is 29.4 Å². The Morgan fingerprint density at radius 2 is 1.90 bits per heavy atom. The lowest BCUT2D eigenvalue weighted by molar-refractivity contribution is -0.137. The van der Waals surface area contributed by atoms with Crippen LogP contribution in [0.3, 0.4) is 0 Å². The van der Waals surface area contributed by atoms with Crippen molar-refractivity contribution in [2.75, 3.05) is 18.5 Å². The van der Waals surface area contributed by atoms with E-state index in [4.69, 9.17) is 4.74 Å². The molecule has 0 fully saturated rings. The normalized spacial score (nSPS) is 11.8. The lowest BCUT2D eigenvalue weighted by atomic mass is 10.0. The van der Waals surface area contributed by atoms with Gasteiger partial charge in [0.2, 0.25) is 11.8 Å². The Morgan fingerprint density at radius 1 is 1.15 bits per heavy atom. The second kappa shape index (κ2) is 15.9. The van der Waals surface area contributed by atoms with Gasteiger partial charge < -0.3 is 29.8 Å². The number of hydrogen-bond donors (Lipinski definition) is 3. The minimum absolute atomic E-state index is 0.0304. The van der Waals surface area contributed by atoms with Crippen LogP contribution in [0.25, 0.3) is 0 Å². The Hall–Kier alpha value is -4.22. The minimum Gasteiger partial charge on any atom is -0.463 e. The van der Waals surface area contributed by atoms with Crippen LogP contribution in [0.2, 0.25) is 0 Å². The van der Waals surface area contributed by atoms with Crippen LogP contribution in [0.4, 0.5) is 5.69 Å². The number of amides is 3. The molecule has 39 heavy (non-hydrogen) atoms. The van der Waals surface area contributed by atoms with Crippen LogP contribution < -0.4 is 21.5 Å². The fourth-order valence-electron chi connectivity index (χ4n) is 3.73. The van der Waals surface area contributed by atoms with Gasteiger partial charge in [0.05, 0.1) is 19.1 Å². The first-order valence-electron chi connectivity index (χ1n) is 13.1. The minimum atomic E-state index is -1.03. The zero-order valence-corrected chi connectivity index (χ0v) is 22.9. The Kier molecular flexibility index (Phi) is 12.6. The number of esters is 1. The van der Waals surface area contributed by atoms with E-state index in [1.165, 1.54) is 40.0 Å². The number of nitrogens with zero attached hydrogens (tertiary/aromatic N) is 3. The number of carbonyl (C=O) groups is 4. The summed E-state index contributed by atoms with van der Waals surface area (Å²) in [6.07, 6.45) is 9.40. The average molecular weight is 543 g/mol. The molecule has 2 aromatic rings. The van der Waals surface area contributed by atoms with Crippen LogP contribution in [0.1, 0.15) is 56.9 Å². The standard InChI is InChI=1S/C27H38N6O6/c1-5-19(6-2)15-29-23(34)17-33-14-10-12-21(27(33)38)31-25(36)20(11-8-9-13-24(35)39-7-3)30-26(37)22-16-28-18-32(22)4/h9-10,12-14,16,18-20H,5-8,11,15,17H2,1-4H3,(H,29,34)(H,30,37)(H,31,36). The third kappa shape index (κ3) is 9.87. The van der Waals surface area contributed by atoms with Gasteiger partial charge in [0.1, 0.15) is 24.0 Å². The predicted octanol–water partition coefficient (Wildman–Crippen LogP) is 1.77. The molecule has 212 valence electrons. The van der Waals surface area contributed by atoms with Crippen molar-refractivity contribution >= 4 is 29.4 Å². The molecule has 0 aliphatic carbocycles. The van der Waals surface area contributed by atoms with Gasteiger partial charge in [-0.3, -0.25) is 19.2 Å². The lowest BCUT2D eigenvalue weighted by Gasteiger charge is -2.18. The number of aromatic nitrogens is 3. The zero-order valence-electron chi connectivity index (χ0n) is 22.9. The molecule has 12 heteroatoms. The third-order valence-electron chi connectivity index (χ3n) is 6.17. The summed E-state index contributed by atoms with van der Waals surface area (Å²) in [6, 6.07) is 1.95. The Bertz CT molecular complexity index is 1210. The molecule has 3 amide bonds. The van der Waals surface area contributed by atoms with Gasteiger partial charge in [0.25, 0.3) is 11.5 Å². The van der Waals surface area contributed by atoms with E-state index in [9.17, 15) is 24.0 Å². The number of aryl methyl sites for hydroxylation is 1. The summed E-state index contributed by atoms with van der Waals surface area (Å²) in [7, 11) is 1.65. The summed E-state index contributed by atoms with van der Waals surface area (Å²) in [5, 5.41) is 8.08. The predicted molar refractivity (Wildman–Crippen MR) is 146 cm³/mol. The van der Waals surface area contributed by atoms with E-state index in [0.717, 1.165) is 12.8 Å². The SMILES string of the molecule is CCOC(=O)C=CCCC(NC(=O)c1cncn1C)C(=O)Nc1cccn(CC(=O)NCC(CC)CC)c1=O. The second-order valence-corrected chi connectivity index (χ2v) is 8.98. The molecule has 0 aliphatic rings. The zero-order chi connectivity index (χ0) is 28.8. The molecule has 0 aromatic carbocycles. The number of ether oxygens (including phenoxy) is 1. The van der Waals surface area contributed by atoms with Crippen molar-refractivity contribution in [3.63, 3.8) is 0 Å². The van der Waals surface area contributed by atoms with Gasteiger partial charge in [-0.2, -0.15) is 0 Å². The number of pyridine rings is 1. The number of rotatable bonds is 15. The van der Waals surface area contributed by atoms with Crippen molar-refractivity contribution in [2.24, 2.45) is 13.0 Å². The first-order chi connectivity index (χ1) is 18.7. The topological polar surface area (TPSA) is 153 Å². The van der Waals surface area contributed by atoms with Gasteiger partial charge in [0.15, 0.2) is 0 Å². The van der Waals surface area contributed by atoms with Gasteiger partial charge in [-0.05, 0) is 37.8 Å². The lowest BCUT2D eigenvalue weighted by Crippen LogP contribution is -2.45. The van der Waals surface area contributed by atoms with E-state index in [2.05, 4.69) is 34.8 Å². The monoisotopic (exact) mass is 542 g/mol. The van der Waals surface area contributed by atoms with Crippen molar-refractivity contribution in [3.05, 3.63) is 59.1 Å². The highest BCUT2D eigenvalue weighted by molar-refractivity contribution is 6.00. The molecule has 1 atom stereocenters. The van der Waals surface area contributed by atoms with Crippen molar-refractivity contribution in [2.45, 2.75) is 59.0 Å². The fraction of sp³-hybridized carbons (Fsp3) is 0.481. The Labute approximate surface area is 227 Å². The molecule has 2 heterocycles. The Balaban J connectivity index is 2.13. The number of imidazole rings is 1. The van der Waals surface area contributed by atoms with Crippen LogP contribution in [0.15, 0.2) is 47.8 Å². The number of allylic oxidation sites excluding steroid dienone is 1. The van der Waals surface area contributed by atoms with E-state index in [1.54, 1.807) is 26.1 Å².